The number of rotatable bonds is 8. The van der Waals surface area contributed by atoms with Crippen LogP contribution in [0.15, 0.2) is 53.4 Å². The van der Waals surface area contributed by atoms with Gasteiger partial charge in [-0.15, -0.1) is 0 Å². The molecule has 1 aliphatic carbocycles. The smallest absolute Gasteiger partial charge is 0.238 e. The molecule has 1 saturated carbocycles. The van der Waals surface area contributed by atoms with Crippen molar-refractivity contribution in [2.45, 2.75) is 37.0 Å². The lowest BCUT2D eigenvalue weighted by molar-refractivity contribution is -0.143. The number of anilines is 1. The summed E-state index contributed by atoms with van der Waals surface area (Å²) < 4.78 is 28.1. The minimum Gasteiger partial charge on any atom is -0.497 e. The summed E-state index contributed by atoms with van der Waals surface area (Å²) in [5.41, 5.74) is 2.01. The highest BCUT2D eigenvalue weighted by Crippen LogP contribution is 2.32. The fourth-order valence-electron chi connectivity index (χ4n) is 5.26. The van der Waals surface area contributed by atoms with Gasteiger partial charge in [0.2, 0.25) is 21.8 Å². The minimum absolute atomic E-state index is 0.0636. The highest BCUT2D eigenvalue weighted by atomic mass is 32.2. The van der Waals surface area contributed by atoms with Crippen molar-refractivity contribution in [2.75, 3.05) is 44.7 Å². The van der Waals surface area contributed by atoms with Crippen LogP contribution in [0.2, 0.25) is 0 Å². The molecule has 37 heavy (non-hydrogen) atoms. The molecule has 3 N–H and O–H groups in total. The molecule has 2 aliphatic rings. The number of carbonyl (C=O) groups is 2. The molecule has 9 nitrogen and oxygen atoms in total. The van der Waals surface area contributed by atoms with E-state index in [1.807, 2.05) is 29.2 Å². The summed E-state index contributed by atoms with van der Waals surface area (Å²) >= 11 is 0. The van der Waals surface area contributed by atoms with Gasteiger partial charge in [-0.05, 0) is 61.2 Å². The van der Waals surface area contributed by atoms with E-state index < -0.39 is 10.0 Å². The van der Waals surface area contributed by atoms with Gasteiger partial charge in [-0.25, -0.2) is 13.6 Å². The van der Waals surface area contributed by atoms with Crippen molar-refractivity contribution < 1.29 is 22.7 Å². The van der Waals surface area contributed by atoms with Crippen LogP contribution >= 0.6 is 0 Å². The molecule has 2 unspecified atom stereocenters. The van der Waals surface area contributed by atoms with Crippen molar-refractivity contribution in [3.63, 3.8) is 0 Å². The summed E-state index contributed by atoms with van der Waals surface area (Å²) in [6.07, 6.45) is 3.93. The molecule has 200 valence electrons. The van der Waals surface area contributed by atoms with Gasteiger partial charge in [0.1, 0.15) is 5.75 Å². The van der Waals surface area contributed by atoms with Crippen molar-refractivity contribution in [3.8, 4) is 5.75 Å². The number of carbonyl (C=O) groups excluding carboxylic acids is 2. The Labute approximate surface area is 219 Å². The average Bonchev–Trinajstić information content (AvgIpc) is 2.92. The Hall–Kier alpha value is -3.11. The zero-order chi connectivity index (χ0) is 26.4. The first-order valence-electron chi connectivity index (χ1n) is 12.8. The molecule has 0 bridgehead atoms. The maximum atomic E-state index is 13.5. The molecule has 2 aromatic rings. The third-order valence-electron chi connectivity index (χ3n) is 7.41. The molecular weight excluding hydrogens is 492 g/mol. The molecule has 2 amide bonds. The third-order valence-corrected chi connectivity index (χ3v) is 8.34. The molecule has 1 aliphatic heterocycles. The second-order valence-electron chi connectivity index (χ2n) is 9.74. The predicted molar refractivity (Wildman–Crippen MR) is 142 cm³/mol. The van der Waals surface area contributed by atoms with Gasteiger partial charge in [-0.2, -0.15) is 0 Å². The topological polar surface area (TPSA) is 122 Å². The van der Waals surface area contributed by atoms with Gasteiger partial charge in [0.05, 0.1) is 12.0 Å². The van der Waals surface area contributed by atoms with E-state index in [0.717, 1.165) is 55.8 Å². The normalized spacial score (nSPS) is 20.4. The van der Waals surface area contributed by atoms with Crippen LogP contribution in [-0.4, -0.2) is 65.0 Å². The number of nitrogens with one attached hydrogen (secondary N) is 1. The summed E-state index contributed by atoms with van der Waals surface area (Å²) in [7, 11) is -2.08. The number of hydrogen-bond acceptors (Lipinski definition) is 6. The Bertz CT molecular complexity index is 1180. The number of amides is 2. The number of piperazine rings is 1. The van der Waals surface area contributed by atoms with Gasteiger partial charge in [0, 0.05) is 50.2 Å². The van der Waals surface area contributed by atoms with Gasteiger partial charge < -0.3 is 19.9 Å². The zero-order valence-corrected chi connectivity index (χ0v) is 22.1. The van der Waals surface area contributed by atoms with E-state index in [-0.39, 0.29) is 28.5 Å². The lowest BCUT2D eigenvalue weighted by Crippen LogP contribution is -2.53. The maximum absolute atomic E-state index is 13.5. The van der Waals surface area contributed by atoms with Crippen molar-refractivity contribution in [3.05, 3.63) is 54.1 Å². The van der Waals surface area contributed by atoms with E-state index in [9.17, 15) is 18.0 Å². The first kappa shape index (κ1) is 26.9. The Morgan fingerprint density at radius 1 is 0.946 bits per heavy atom. The van der Waals surface area contributed by atoms with Crippen LogP contribution in [0.3, 0.4) is 0 Å². The fraction of sp³-hybridized carbons (Fsp3) is 0.481. The number of hydrogen-bond donors (Lipinski definition) is 2. The molecular formula is C27H36N4O5S. The predicted octanol–water partition coefficient (Wildman–Crippen LogP) is 2.16. The monoisotopic (exact) mass is 528 g/mol. The molecule has 1 heterocycles. The second-order valence-corrected chi connectivity index (χ2v) is 11.3. The number of benzene rings is 2. The highest BCUT2D eigenvalue weighted by Gasteiger charge is 2.38. The minimum atomic E-state index is -3.72. The number of methoxy groups -OCH3 is 1. The Morgan fingerprint density at radius 2 is 1.57 bits per heavy atom. The first-order chi connectivity index (χ1) is 17.8. The molecule has 2 atom stereocenters. The van der Waals surface area contributed by atoms with Crippen LogP contribution in [0.25, 0.3) is 0 Å². The van der Waals surface area contributed by atoms with Gasteiger partial charge in [-0.3, -0.25) is 9.59 Å². The van der Waals surface area contributed by atoms with Crippen LogP contribution in [0, 0.1) is 11.8 Å². The Kier molecular flexibility index (Phi) is 8.71. The summed E-state index contributed by atoms with van der Waals surface area (Å²) in [5, 5.41) is 8.14. The van der Waals surface area contributed by atoms with Crippen LogP contribution < -0.4 is 20.1 Å². The average molecular weight is 529 g/mol. The van der Waals surface area contributed by atoms with Crippen molar-refractivity contribution in [2.24, 2.45) is 17.0 Å². The fourth-order valence-corrected chi connectivity index (χ4v) is 5.78. The van der Waals surface area contributed by atoms with Crippen LogP contribution in [0.1, 0.15) is 31.2 Å². The molecule has 0 aromatic heterocycles. The standard InChI is InChI=1S/C27H36N4O5S/c1-36-22-10-8-21(9-11-22)30-16-18-31(19-17-30)27(33)25-5-3-2-4-24(25)26(32)29-15-14-20-6-12-23(13-7-20)37(28,34)35/h6-13,24-25H,2-5,14-19H2,1H3,(H,29,32)(H2,28,34,35). The molecule has 4 rings (SSSR count). The first-order valence-corrected chi connectivity index (χ1v) is 14.4. The maximum Gasteiger partial charge on any atom is 0.238 e. The van der Waals surface area contributed by atoms with Gasteiger partial charge in [-0.1, -0.05) is 25.0 Å². The molecule has 1 saturated heterocycles. The van der Waals surface area contributed by atoms with Crippen molar-refractivity contribution in [1.29, 1.82) is 0 Å². The van der Waals surface area contributed by atoms with Crippen molar-refractivity contribution in [1.82, 2.24) is 10.2 Å². The van der Waals surface area contributed by atoms with Gasteiger partial charge >= 0.3 is 0 Å². The number of primary sulfonamides is 1. The second kappa shape index (κ2) is 12.0. The van der Waals surface area contributed by atoms with E-state index in [4.69, 9.17) is 9.88 Å². The van der Waals surface area contributed by atoms with E-state index >= 15 is 0 Å². The molecule has 10 heteroatoms. The lowest BCUT2D eigenvalue weighted by atomic mass is 9.77. The van der Waals surface area contributed by atoms with E-state index in [2.05, 4.69) is 10.2 Å². The number of ether oxygens (including phenoxy) is 1. The summed E-state index contributed by atoms with van der Waals surface area (Å²) in [5.74, 6) is 0.240. The van der Waals surface area contributed by atoms with Crippen LogP contribution in [0.5, 0.6) is 5.75 Å². The van der Waals surface area contributed by atoms with Crippen LogP contribution in [0.4, 0.5) is 5.69 Å². The van der Waals surface area contributed by atoms with E-state index in [1.165, 1.54) is 12.1 Å². The van der Waals surface area contributed by atoms with Crippen molar-refractivity contribution >= 4 is 27.5 Å². The highest BCUT2D eigenvalue weighted by molar-refractivity contribution is 7.89. The van der Waals surface area contributed by atoms with Gasteiger partial charge in [0.15, 0.2) is 0 Å². The molecule has 2 fully saturated rings. The summed E-state index contributed by atoms with van der Waals surface area (Å²) in [6, 6.07) is 14.3. The molecule has 0 spiro atoms. The quantitative estimate of drug-likeness (QED) is 0.542. The lowest BCUT2D eigenvalue weighted by Gasteiger charge is -2.39. The number of nitrogens with zero attached hydrogens (tertiary/aromatic N) is 2. The van der Waals surface area contributed by atoms with E-state index in [0.29, 0.717) is 26.1 Å². The summed E-state index contributed by atoms with van der Waals surface area (Å²) in [4.78, 5) is 30.8. The largest absolute Gasteiger partial charge is 0.497 e. The number of nitrogens with two attached hydrogens (primary N) is 1. The van der Waals surface area contributed by atoms with Gasteiger partial charge in [0.25, 0.3) is 0 Å². The molecule has 0 radical (unpaired) electrons. The third kappa shape index (κ3) is 6.81. The molecule has 2 aromatic carbocycles. The van der Waals surface area contributed by atoms with Crippen LogP contribution in [-0.2, 0) is 26.0 Å². The summed E-state index contributed by atoms with van der Waals surface area (Å²) in [6.45, 7) is 3.22. The zero-order valence-electron chi connectivity index (χ0n) is 21.3. The Balaban J connectivity index is 1.28. The SMILES string of the molecule is COc1ccc(N2CCN(C(=O)C3CCCCC3C(=O)NCCc3ccc(S(N)(=O)=O)cc3)CC2)cc1. The number of sulfonamides is 1. The van der Waals surface area contributed by atoms with E-state index in [1.54, 1.807) is 19.2 Å². The Morgan fingerprint density at radius 3 is 2.16 bits per heavy atom.